The van der Waals surface area contributed by atoms with Gasteiger partial charge in [-0.15, -0.1) is 10.2 Å². The van der Waals surface area contributed by atoms with Crippen molar-refractivity contribution < 1.29 is 96.4 Å². The number of phenolic OH excluding ortho intramolecular Hbond substituents is 2. The summed E-state index contributed by atoms with van der Waals surface area (Å²) in [5.41, 5.74) is -0.760. The number of urea groups is 1. The van der Waals surface area contributed by atoms with Gasteiger partial charge in [-0.25, -0.2) is 4.79 Å². The molecule has 0 aliphatic carbocycles. The van der Waals surface area contributed by atoms with Crippen molar-refractivity contribution in [1.82, 2.24) is 0 Å². The summed E-state index contributed by atoms with van der Waals surface area (Å²) in [5.74, 6) is -1.46. The van der Waals surface area contributed by atoms with Crippen LogP contribution in [0.4, 0.5) is 38.9 Å². The molecule has 21 nitrogen and oxygen atoms in total. The number of amides is 2. The minimum Gasteiger partial charge on any atom is -0.505 e. The third-order valence-corrected chi connectivity index (χ3v) is 12.1. The average molecular weight is 924 g/mol. The van der Waals surface area contributed by atoms with E-state index in [0.717, 1.165) is 36.4 Å². The first kappa shape index (κ1) is 46.6. The molecule has 0 radical (unpaired) electrons. The van der Waals surface area contributed by atoms with Crippen LogP contribution in [0.15, 0.2) is 125 Å². The molecule has 0 saturated carbocycles. The Morgan fingerprint density at radius 3 is 1.16 bits per heavy atom. The van der Waals surface area contributed by atoms with Crippen LogP contribution in [0.5, 0.6) is 11.5 Å². The maximum atomic E-state index is 13.1. The van der Waals surface area contributed by atoms with Gasteiger partial charge in [-0.1, -0.05) is 0 Å². The van der Waals surface area contributed by atoms with Crippen LogP contribution in [-0.2, 0) is 40.5 Å². The Balaban J connectivity index is 0.00000704. The van der Waals surface area contributed by atoms with E-state index in [1.165, 1.54) is 62.4 Å². The predicted octanol–water partition coefficient (Wildman–Crippen LogP) is 4.49. The second kappa shape index (κ2) is 17.1. The molecule has 26 heteroatoms. The molecule has 8 N–H and O–H groups in total. The molecule has 0 bridgehead atoms. The van der Waals surface area contributed by atoms with Crippen LogP contribution in [0.3, 0.4) is 0 Å². The average Bonchev–Trinajstić information content (AvgIpc) is 3.13. The zero-order chi connectivity index (χ0) is 44.1. The van der Waals surface area contributed by atoms with Crippen LogP contribution in [-0.4, -0.2) is 68.1 Å². The van der Waals surface area contributed by atoms with Crippen molar-refractivity contribution in [3.63, 3.8) is 0 Å². The summed E-state index contributed by atoms with van der Waals surface area (Å²) in [7, 11) is -19.2. The van der Waals surface area contributed by atoms with Crippen molar-refractivity contribution in [2.24, 2.45) is 20.5 Å². The maximum Gasteiger partial charge on any atom is 1.00 e. The molecule has 0 aliphatic heterocycles. The molecule has 0 atom stereocenters. The van der Waals surface area contributed by atoms with Crippen LogP contribution >= 0.6 is 0 Å². The Morgan fingerprint density at radius 2 is 0.852 bits per heavy atom. The molecule has 61 heavy (non-hydrogen) atoms. The molecule has 0 saturated heterocycles. The van der Waals surface area contributed by atoms with Crippen molar-refractivity contribution in [1.29, 1.82) is 0 Å². The molecule has 0 heterocycles. The summed E-state index contributed by atoms with van der Waals surface area (Å²) in [4.78, 5) is 10.4. The van der Waals surface area contributed by atoms with Gasteiger partial charge in [0.25, 0.3) is 40.5 Å². The number of fused-ring (bicyclic) bond motifs is 2. The van der Waals surface area contributed by atoms with E-state index in [9.17, 15) is 66.9 Å². The zero-order valence-electron chi connectivity index (χ0n) is 31.4. The number of nitrogens with one attached hydrogen (secondary N) is 2. The number of nitrogens with zero attached hydrogens (tertiary/aromatic N) is 4. The maximum absolute atomic E-state index is 13.1. The fourth-order valence-corrected chi connectivity index (χ4v) is 8.19. The number of phenols is 2. The molecular formula is C35H28N6NaO15S4+. The van der Waals surface area contributed by atoms with E-state index >= 15 is 0 Å². The molecule has 0 unspecified atom stereocenters. The molecule has 312 valence electrons. The van der Waals surface area contributed by atoms with Gasteiger partial charge in [0.2, 0.25) is 0 Å². The summed E-state index contributed by atoms with van der Waals surface area (Å²) in [6.45, 7) is 2.86. The first-order valence-corrected chi connectivity index (χ1v) is 22.2. The SMILES string of the molecule is Cc1cc(S(=O)(=O)O)ccc1N=Nc1c(S(=O)(=O)O)cc2cc(NC(=O)Nc3ccc4c(O)c(N=Nc5ccc(S(=O)(=O)O)cc5C)c(S(=O)(=O)O)cc4c3)ccc2c1O.[Na+]. The fraction of sp³-hybridized carbons (Fsp3) is 0.0571. The Bertz CT molecular complexity index is 3130. The van der Waals surface area contributed by atoms with Gasteiger partial charge in [0, 0.05) is 22.1 Å². The fourth-order valence-electron chi connectivity index (χ4n) is 5.75. The van der Waals surface area contributed by atoms with E-state index in [4.69, 9.17) is 0 Å². The molecule has 0 spiro atoms. The van der Waals surface area contributed by atoms with Crippen LogP contribution in [0, 0.1) is 13.8 Å². The molecule has 6 aromatic rings. The van der Waals surface area contributed by atoms with E-state index in [2.05, 4.69) is 31.1 Å². The Labute approximate surface area is 368 Å². The summed E-state index contributed by atoms with van der Waals surface area (Å²) in [5, 5.41) is 42.4. The number of benzene rings is 6. The van der Waals surface area contributed by atoms with Gasteiger partial charge in [-0.05, 0) is 121 Å². The smallest absolute Gasteiger partial charge is 0.505 e. The third kappa shape index (κ3) is 10.4. The summed E-state index contributed by atoms with van der Waals surface area (Å²) >= 11 is 0. The van der Waals surface area contributed by atoms with Crippen LogP contribution < -0.4 is 40.2 Å². The molecule has 0 aromatic heterocycles. The van der Waals surface area contributed by atoms with Crippen LogP contribution in [0.2, 0.25) is 0 Å². The quantitative estimate of drug-likeness (QED) is 0.0533. The first-order valence-electron chi connectivity index (χ1n) is 16.4. The van der Waals surface area contributed by atoms with E-state index < -0.39 is 89.0 Å². The molecule has 0 aliphatic rings. The number of aromatic hydroxyl groups is 2. The second-order valence-electron chi connectivity index (χ2n) is 12.8. The summed E-state index contributed by atoms with van der Waals surface area (Å²) in [6.07, 6.45) is 0. The van der Waals surface area contributed by atoms with Gasteiger partial charge in [0.05, 0.1) is 21.2 Å². The van der Waals surface area contributed by atoms with E-state index in [1.807, 2.05) is 0 Å². The number of hydrogen-bond donors (Lipinski definition) is 8. The van der Waals surface area contributed by atoms with Crippen molar-refractivity contribution in [3.8, 4) is 11.5 Å². The van der Waals surface area contributed by atoms with Gasteiger partial charge < -0.3 is 20.8 Å². The number of aryl methyl sites for hydroxylation is 2. The first-order chi connectivity index (χ1) is 27.8. The Hall–Kier alpha value is -5.45. The van der Waals surface area contributed by atoms with Gasteiger partial charge in [0.1, 0.15) is 21.2 Å². The van der Waals surface area contributed by atoms with Crippen molar-refractivity contribution >= 4 is 102 Å². The van der Waals surface area contributed by atoms with Crippen LogP contribution in [0.25, 0.3) is 21.5 Å². The molecular weight excluding hydrogens is 896 g/mol. The van der Waals surface area contributed by atoms with Gasteiger partial charge in [-0.2, -0.15) is 43.9 Å². The Kier molecular flexibility index (Phi) is 13.1. The molecule has 6 aromatic carbocycles. The molecule has 2 amide bonds. The van der Waals surface area contributed by atoms with Gasteiger partial charge in [0.15, 0.2) is 11.5 Å². The van der Waals surface area contributed by atoms with E-state index in [-0.39, 0.29) is 85.0 Å². The van der Waals surface area contributed by atoms with Gasteiger partial charge >= 0.3 is 35.6 Å². The second-order valence-corrected chi connectivity index (χ2v) is 18.4. The monoisotopic (exact) mass is 923 g/mol. The number of anilines is 2. The predicted molar refractivity (Wildman–Crippen MR) is 214 cm³/mol. The Morgan fingerprint density at radius 1 is 0.492 bits per heavy atom. The number of azo groups is 2. The van der Waals surface area contributed by atoms with E-state index in [0.29, 0.717) is 0 Å². The third-order valence-electron chi connectivity index (χ3n) is 8.62. The van der Waals surface area contributed by atoms with Crippen molar-refractivity contribution in [2.45, 2.75) is 33.4 Å². The number of carbonyl (C=O) groups excluding carboxylic acids is 1. The minimum absolute atomic E-state index is 0. The normalized spacial score (nSPS) is 12.6. The zero-order valence-corrected chi connectivity index (χ0v) is 36.6. The molecule has 0 fully saturated rings. The van der Waals surface area contributed by atoms with Crippen molar-refractivity contribution in [2.75, 3.05) is 10.6 Å². The number of hydrogen-bond acceptors (Lipinski definition) is 15. The molecule has 6 rings (SSSR count). The van der Waals surface area contributed by atoms with E-state index in [1.54, 1.807) is 0 Å². The topological polar surface area (TPSA) is 349 Å². The summed E-state index contributed by atoms with van der Waals surface area (Å²) in [6, 6.07) is 15.3. The number of carbonyl (C=O) groups is 1. The van der Waals surface area contributed by atoms with Gasteiger partial charge in [-0.3, -0.25) is 18.2 Å². The standard InChI is InChI=1S/C35H28N6O15S4.Na/c1-17-11-23(57(45,46)47)5-9-27(17)38-40-31-29(59(51,52)53)15-19-13-21(3-7-25(19)33(31)42)36-35(44)37-22-4-8-26-20(14-22)16-30(60(54,55)56)32(34(26)43)41-39-28-10-6-24(12-18(28)2)58(48,49)50;/h3-16,42-43H,1-2H3,(H2,36,37,44)(H,45,46,47)(H,48,49,50)(H,51,52,53)(H,54,55,56);/q;+1. The largest absolute Gasteiger partial charge is 1.00 e. The summed E-state index contributed by atoms with van der Waals surface area (Å²) < 4.78 is 134. The van der Waals surface area contributed by atoms with Crippen molar-refractivity contribution in [3.05, 3.63) is 96.1 Å². The number of rotatable bonds is 10. The van der Waals surface area contributed by atoms with Crippen LogP contribution in [0.1, 0.15) is 11.1 Å². The minimum atomic E-state index is -5.06.